The third kappa shape index (κ3) is 3.56. The number of rotatable bonds is 3. The van der Waals surface area contributed by atoms with Crippen molar-refractivity contribution in [3.05, 3.63) is 34.1 Å². The average molecular weight is 286 g/mol. The van der Waals surface area contributed by atoms with Gasteiger partial charge < -0.3 is 4.90 Å². The van der Waals surface area contributed by atoms with E-state index in [4.69, 9.17) is 0 Å². The van der Waals surface area contributed by atoms with Gasteiger partial charge in [-0.1, -0.05) is 22.4 Å². The molecule has 0 atom stereocenters. The predicted molar refractivity (Wildman–Crippen MR) is 68.1 cm³/mol. The third-order valence-corrected chi connectivity index (χ3v) is 3.55. The smallest absolute Gasteiger partial charge is 0.124 e. The molecule has 1 saturated heterocycles. The van der Waals surface area contributed by atoms with Crippen LogP contribution in [0.15, 0.2) is 22.7 Å². The van der Waals surface area contributed by atoms with Crippen LogP contribution in [0.25, 0.3) is 0 Å². The molecule has 0 spiro atoms. The molecule has 0 aromatic heterocycles. The van der Waals surface area contributed by atoms with Crippen LogP contribution in [-0.2, 0) is 6.42 Å². The molecule has 0 amide bonds. The third-order valence-electron chi connectivity index (χ3n) is 3.09. The van der Waals surface area contributed by atoms with Crippen molar-refractivity contribution in [2.45, 2.75) is 25.7 Å². The zero-order chi connectivity index (χ0) is 11.4. The highest BCUT2D eigenvalue weighted by molar-refractivity contribution is 9.10. The molecule has 3 heteroatoms. The molecule has 1 nitrogen and oxygen atoms in total. The second-order valence-corrected chi connectivity index (χ2v) is 5.35. The summed E-state index contributed by atoms with van der Waals surface area (Å²) in [7, 11) is 0. The fourth-order valence-electron chi connectivity index (χ4n) is 2.23. The standard InChI is InChI=1S/C13H17BrFN/c14-12-8-11(9-13(15)10-12)4-7-16-5-2-1-3-6-16/h8-10H,1-7H2. The van der Waals surface area contributed by atoms with E-state index in [1.807, 2.05) is 6.07 Å². The van der Waals surface area contributed by atoms with Crippen molar-refractivity contribution in [1.82, 2.24) is 4.90 Å². The van der Waals surface area contributed by atoms with E-state index in [9.17, 15) is 4.39 Å². The largest absolute Gasteiger partial charge is 0.303 e. The topological polar surface area (TPSA) is 3.24 Å². The summed E-state index contributed by atoms with van der Waals surface area (Å²) in [5.41, 5.74) is 1.08. The Morgan fingerprint density at radius 3 is 2.56 bits per heavy atom. The Morgan fingerprint density at radius 1 is 1.12 bits per heavy atom. The van der Waals surface area contributed by atoms with Crippen LogP contribution in [0, 0.1) is 5.82 Å². The summed E-state index contributed by atoms with van der Waals surface area (Å²) < 4.78 is 14.0. The lowest BCUT2D eigenvalue weighted by Gasteiger charge is -2.26. The van der Waals surface area contributed by atoms with E-state index >= 15 is 0 Å². The number of hydrogen-bond donors (Lipinski definition) is 0. The van der Waals surface area contributed by atoms with Crippen LogP contribution in [0.1, 0.15) is 24.8 Å². The number of likely N-dealkylation sites (tertiary alicyclic amines) is 1. The van der Waals surface area contributed by atoms with Crippen molar-refractivity contribution in [3.8, 4) is 0 Å². The monoisotopic (exact) mass is 285 g/mol. The quantitative estimate of drug-likeness (QED) is 0.820. The predicted octanol–water partition coefficient (Wildman–Crippen LogP) is 3.62. The van der Waals surface area contributed by atoms with Gasteiger partial charge in [0.2, 0.25) is 0 Å². The Bertz CT molecular complexity index is 328. The SMILES string of the molecule is Fc1cc(Br)cc(CCN2CCCCC2)c1. The summed E-state index contributed by atoms with van der Waals surface area (Å²) in [4.78, 5) is 2.47. The minimum atomic E-state index is -0.150. The van der Waals surface area contributed by atoms with E-state index in [1.54, 1.807) is 6.07 Å². The maximum absolute atomic E-state index is 13.1. The number of benzene rings is 1. The Kier molecular flexibility index (Phi) is 4.36. The van der Waals surface area contributed by atoms with Gasteiger partial charge in [0, 0.05) is 11.0 Å². The fraction of sp³-hybridized carbons (Fsp3) is 0.538. The molecule has 1 aliphatic heterocycles. The molecule has 1 aromatic carbocycles. The van der Waals surface area contributed by atoms with Crippen molar-refractivity contribution in [3.63, 3.8) is 0 Å². The lowest BCUT2D eigenvalue weighted by Crippen LogP contribution is -2.31. The first kappa shape index (κ1) is 12.1. The molecule has 1 aromatic rings. The van der Waals surface area contributed by atoms with Crippen LogP contribution >= 0.6 is 15.9 Å². The van der Waals surface area contributed by atoms with Crippen molar-refractivity contribution in [2.75, 3.05) is 19.6 Å². The van der Waals surface area contributed by atoms with E-state index in [0.29, 0.717) is 0 Å². The Labute approximate surface area is 105 Å². The van der Waals surface area contributed by atoms with Crippen LogP contribution in [0.3, 0.4) is 0 Å². The first-order valence-electron chi connectivity index (χ1n) is 5.91. The van der Waals surface area contributed by atoms with E-state index in [2.05, 4.69) is 20.8 Å². The van der Waals surface area contributed by atoms with Crippen molar-refractivity contribution >= 4 is 15.9 Å². The number of halogens is 2. The molecule has 0 bridgehead atoms. The Balaban J connectivity index is 1.88. The first-order valence-corrected chi connectivity index (χ1v) is 6.71. The van der Waals surface area contributed by atoms with Gasteiger partial charge in [0.15, 0.2) is 0 Å². The van der Waals surface area contributed by atoms with E-state index in [-0.39, 0.29) is 5.82 Å². The van der Waals surface area contributed by atoms with Crippen LogP contribution < -0.4 is 0 Å². The van der Waals surface area contributed by atoms with Gasteiger partial charge in [0.05, 0.1) is 0 Å². The van der Waals surface area contributed by atoms with Gasteiger partial charge in [-0.3, -0.25) is 0 Å². The van der Waals surface area contributed by atoms with Crippen molar-refractivity contribution in [1.29, 1.82) is 0 Å². The number of piperidine rings is 1. The molecule has 0 unspecified atom stereocenters. The Hall–Kier alpha value is -0.410. The van der Waals surface area contributed by atoms with Gasteiger partial charge in [0.25, 0.3) is 0 Å². The fourth-order valence-corrected chi connectivity index (χ4v) is 2.74. The van der Waals surface area contributed by atoms with Gasteiger partial charge in [-0.2, -0.15) is 0 Å². The molecule has 2 rings (SSSR count). The minimum absolute atomic E-state index is 0.150. The summed E-state index contributed by atoms with van der Waals surface area (Å²) >= 11 is 3.33. The summed E-state index contributed by atoms with van der Waals surface area (Å²) in [6, 6.07) is 5.14. The maximum atomic E-state index is 13.1. The maximum Gasteiger partial charge on any atom is 0.124 e. The summed E-state index contributed by atoms with van der Waals surface area (Å²) in [5, 5.41) is 0. The molecule has 1 aliphatic rings. The summed E-state index contributed by atoms with van der Waals surface area (Å²) in [6.07, 6.45) is 4.93. The highest BCUT2D eigenvalue weighted by Crippen LogP contribution is 2.16. The molecule has 16 heavy (non-hydrogen) atoms. The highest BCUT2D eigenvalue weighted by Gasteiger charge is 2.09. The minimum Gasteiger partial charge on any atom is -0.303 e. The van der Waals surface area contributed by atoms with Gasteiger partial charge in [0.1, 0.15) is 5.82 Å². The van der Waals surface area contributed by atoms with Crippen molar-refractivity contribution in [2.24, 2.45) is 0 Å². The van der Waals surface area contributed by atoms with E-state index in [1.165, 1.54) is 38.4 Å². The number of hydrogen-bond acceptors (Lipinski definition) is 1. The lowest BCUT2D eigenvalue weighted by molar-refractivity contribution is 0.231. The zero-order valence-electron chi connectivity index (χ0n) is 9.38. The molecule has 0 N–H and O–H groups in total. The van der Waals surface area contributed by atoms with Gasteiger partial charge in [-0.25, -0.2) is 4.39 Å². The van der Waals surface area contributed by atoms with Crippen LogP contribution in [0.2, 0.25) is 0 Å². The number of nitrogens with zero attached hydrogens (tertiary/aromatic N) is 1. The van der Waals surface area contributed by atoms with Gasteiger partial charge >= 0.3 is 0 Å². The normalized spacial score (nSPS) is 17.6. The summed E-state index contributed by atoms with van der Waals surface area (Å²) in [5.74, 6) is -0.150. The highest BCUT2D eigenvalue weighted by atomic mass is 79.9. The van der Waals surface area contributed by atoms with Crippen molar-refractivity contribution < 1.29 is 4.39 Å². The zero-order valence-corrected chi connectivity index (χ0v) is 11.0. The molecular formula is C13H17BrFN. The summed E-state index contributed by atoms with van der Waals surface area (Å²) in [6.45, 7) is 3.46. The second kappa shape index (κ2) is 5.78. The van der Waals surface area contributed by atoms with Gasteiger partial charge in [-0.15, -0.1) is 0 Å². The molecular weight excluding hydrogens is 269 g/mol. The van der Waals surface area contributed by atoms with Crippen LogP contribution in [-0.4, -0.2) is 24.5 Å². The first-order chi connectivity index (χ1) is 7.74. The van der Waals surface area contributed by atoms with Gasteiger partial charge in [-0.05, 0) is 56.1 Å². The molecule has 0 saturated carbocycles. The molecule has 1 fully saturated rings. The van der Waals surface area contributed by atoms with Crippen LogP contribution in [0.5, 0.6) is 0 Å². The molecule has 0 aliphatic carbocycles. The Morgan fingerprint density at radius 2 is 1.88 bits per heavy atom. The molecule has 1 heterocycles. The molecule has 0 radical (unpaired) electrons. The lowest BCUT2D eigenvalue weighted by atomic mass is 10.1. The molecule has 88 valence electrons. The van der Waals surface area contributed by atoms with E-state index in [0.717, 1.165) is 23.0 Å². The van der Waals surface area contributed by atoms with Crippen LogP contribution in [0.4, 0.5) is 4.39 Å². The van der Waals surface area contributed by atoms with E-state index < -0.39 is 0 Å². The second-order valence-electron chi connectivity index (χ2n) is 4.43. The average Bonchev–Trinajstić information content (AvgIpc) is 2.27.